The van der Waals surface area contributed by atoms with Crippen LogP contribution in [0.2, 0.25) is 0 Å². The molecule has 0 aromatic heterocycles. The predicted octanol–water partition coefficient (Wildman–Crippen LogP) is 3.51. The quantitative estimate of drug-likeness (QED) is 0.914. The van der Waals surface area contributed by atoms with Gasteiger partial charge in [0.1, 0.15) is 5.75 Å². The van der Waals surface area contributed by atoms with Gasteiger partial charge in [0, 0.05) is 13.6 Å². The lowest BCUT2D eigenvalue weighted by Gasteiger charge is -2.19. The molecule has 24 heavy (non-hydrogen) atoms. The van der Waals surface area contributed by atoms with E-state index in [1.54, 1.807) is 11.0 Å². The van der Waals surface area contributed by atoms with Crippen molar-refractivity contribution < 1.29 is 9.90 Å². The second-order valence-electron chi connectivity index (χ2n) is 6.68. The van der Waals surface area contributed by atoms with Gasteiger partial charge in [0.15, 0.2) is 0 Å². The van der Waals surface area contributed by atoms with Crippen molar-refractivity contribution in [2.24, 2.45) is 0 Å². The van der Waals surface area contributed by atoms with E-state index in [4.69, 9.17) is 0 Å². The van der Waals surface area contributed by atoms with Crippen LogP contribution < -0.4 is 0 Å². The van der Waals surface area contributed by atoms with Gasteiger partial charge in [0.05, 0.1) is 6.42 Å². The number of para-hydroxylation sites is 1. The highest BCUT2D eigenvalue weighted by Gasteiger charge is 2.14. The van der Waals surface area contributed by atoms with Crippen molar-refractivity contribution in [3.63, 3.8) is 0 Å². The van der Waals surface area contributed by atoms with Crippen molar-refractivity contribution in [2.75, 3.05) is 13.6 Å². The summed E-state index contributed by atoms with van der Waals surface area (Å²) in [6.07, 6.45) is 5.96. The molecule has 0 heterocycles. The summed E-state index contributed by atoms with van der Waals surface area (Å²) >= 11 is 0. The molecule has 0 aliphatic heterocycles. The van der Waals surface area contributed by atoms with Crippen LogP contribution >= 0.6 is 0 Å². The van der Waals surface area contributed by atoms with Crippen LogP contribution in [0, 0.1) is 0 Å². The first-order valence-electron chi connectivity index (χ1n) is 8.75. The average Bonchev–Trinajstić information content (AvgIpc) is 2.60. The largest absolute Gasteiger partial charge is 0.508 e. The summed E-state index contributed by atoms with van der Waals surface area (Å²) in [5.74, 6) is 0.425. The van der Waals surface area contributed by atoms with Crippen LogP contribution in [0.3, 0.4) is 0 Å². The molecule has 1 N–H and O–H groups in total. The maximum Gasteiger partial charge on any atom is 0.226 e. The van der Waals surface area contributed by atoms with E-state index >= 15 is 0 Å². The predicted molar refractivity (Wildman–Crippen MR) is 96.2 cm³/mol. The minimum atomic E-state index is 0.126. The lowest BCUT2D eigenvalue weighted by Crippen LogP contribution is -2.30. The second-order valence-corrected chi connectivity index (χ2v) is 6.68. The number of benzene rings is 2. The zero-order valence-electron chi connectivity index (χ0n) is 14.3. The van der Waals surface area contributed by atoms with E-state index in [0.717, 1.165) is 17.5 Å². The first-order chi connectivity index (χ1) is 11.6. The summed E-state index contributed by atoms with van der Waals surface area (Å²) in [5.41, 5.74) is 4.86. The molecule has 1 aliphatic rings. The molecule has 2 aromatic rings. The molecular weight excluding hydrogens is 298 g/mol. The molecule has 0 radical (unpaired) electrons. The third-order valence-electron chi connectivity index (χ3n) is 4.90. The van der Waals surface area contributed by atoms with E-state index in [1.807, 2.05) is 25.2 Å². The Labute approximate surface area is 143 Å². The molecule has 0 saturated carbocycles. The second kappa shape index (κ2) is 7.52. The smallest absolute Gasteiger partial charge is 0.226 e. The highest BCUT2D eigenvalue weighted by Crippen LogP contribution is 2.22. The van der Waals surface area contributed by atoms with E-state index in [9.17, 15) is 9.90 Å². The van der Waals surface area contributed by atoms with Gasteiger partial charge < -0.3 is 10.0 Å². The minimum Gasteiger partial charge on any atom is -0.508 e. The van der Waals surface area contributed by atoms with Gasteiger partial charge in [0.2, 0.25) is 5.91 Å². The number of amides is 1. The zero-order chi connectivity index (χ0) is 16.9. The van der Waals surface area contributed by atoms with Crippen LogP contribution in [-0.2, 0) is 30.5 Å². The standard InChI is InChI=1S/C21H25NO2/c1-22(13-12-18-7-4-5-9-20(18)23)21(24)15-16-10-11-17-6-2-3-8-19(17)14-16/h4-5,7,9-11,14,23H,2-3,6,8,12-13,15H2,1H3. The maximum absolute atomic E-state index is 12.5. The van der Waals surface area contributed by atoms with Crippen LogP contribution in [-0.4, -0.2) is 29.5 Å². The van der Waals surface area contributed by atoms with Gasteiger partial charge >= 0.3 is 0 Å². The number of likely N-dealkylation sites (N-methyl/N-ethyl adjacent to an activating group) is 1. The molecule has 1 amide bonds. The molecule has 3 rings (SSSR count). The number of aromatic hydroxyl groups is 1. The van der Waals surface area contributed by atoms with Gasteiger partial charge in [-0.2, -0.15) is 0 Å². The molecule has 0 spiro atoms. The first kappa shape index (κ1) is 16.6. The molecule has 3 heteroatoms. The number of carbonyl (C=O) groups is 1. The molecule has 0 fully saturated rings. The molecular formula is C21H25NO2. The SMILES string of the molecule is CN(CCc1ccccc1O)C(=O)Cc1ccc2c(c1)CCCC2. The summed E-state index contributed by atoms with van der Waals surface area (Å²) in [5, 5.41) is 9.81. The number of carbonyl (C=O) groups excluding carboxylic acids is 1. The Hall–Kier alpha value is -2.29. The Balaban J connectivity index is 1.57. The number of phenolic OH excluding ortho intramolecular Hbond substituents is 1. The minimum absolute atomic E-state index is 0.126. The number of aryl methyl sites for hydroxylation is 2. The highest BCUT2D eigenvalue weighted by atomic mass is 16.3. The average molecular weight is 323 g/mol. The van der Waals surface area contributed by atoms with Gasteiger partial charge in [-0.15, -0.1) is 0 Å². The Kier molecular flexibility index (Phi) is 5.19. The number of nitrogens with zero attached hydrogens (tertiary/aromatic N) is 1. The van der Waals surface area contributed by atoms with Crippen molar-refractivity contribution in [3.05, 3.63) is 64.7 Å². The monoisotopic (exact) mass is 323 g/mol. The molecule has 126 valence electrons. The topological polar surface area (TPSA) is 40.5 Å². The molecule has 3 nitrogen and oxygen atoms in total. The van der Waals surface area contributed by atoms with E-state index in [-0.39, 0.29) is 5.91 Å². The zero-order valence-corrected chi connectivity index (χ0v) is 14.3. The number of fused-ring (bicyclic) bond motifs is 1. The fourth-order valence-corrected chi connectivity index (χ4v) is 3.34. The number of hydrogen-bond acceptors (Lipinski definition) is 2. The molecule has 1 aliphatic carbocycles. The van der Waals surface area contributed by atoms with E-state index in [2.05, 4.69) is 18.2 Å². The van der Waals surface area contributed by atoms with Crippen molar-refractivity contribution in [1.82, 2.24) is 4.90 Å². The van der Waals surface area contributed by atoms with E-state index in [0.29, 0.717) is 25.1 Å². The Bertz CT molecular complexity index is 724. The summed E-state index contributed by atoms with van der Waals surface area (Å²) < 4.78 is 0. The third kappa shape index (κ3) is 3.97. The Morgan fingerprint density at radius 2 is 1.83 bits per heavy atom. The summed E-state index contributed by atoms with van der Waals surface area (Å²) in [7, 11) is 1.83. The summed E-state index contributed by atoms with van der Waals surface area (Å²) in [6, 6.07) is 13.8. The maximum atomic E-state index is 12.5. The number of hydrogen-bond donors (Lipinski definition) is 1. The Morgan fingerprint density at radius 1 is 1.08 bits per heavy atom. The molecule has 0 saturated heterocycles. The summed E-state index contributed by atoms with van der Waals surface area (Å²) in [6.45, 7) is 0.612. The van der Waals surface area contributed by atoms with E-state index in [1.165, 1.54) is 30.4 Å². The van der Waals surface area contributed by atoms with E-state index < -0.39 is 0 Å². The normalized spacial score (nSPS) is 13.4. The van der Waals surface area contributed by atoms with Gasteiger partial charge in [0.25, 0.3) is 0 Å². The van der Waals surface area contributed by atoms with Gasteiger partial charge in [-0.25, -0.2) is 0 Å². The highest BCUT2D eigenvalue weighted by molar-refractivity contribution is 5.78. The van der Waals surface area contributed by atoms with Crippen molar-refractivity contribution >= 4 is 5.91 Å². The van der Waals surface area contributed by atoms with Crippen molar-refractivity contribution in [2.45, 2.75) is 38.5 Å². The summed E-state index contributed by atoms with van der Waals surface area (Å²) in [4.78, 5) is 14.2. The van der Waals surface area contributed by atoms with Crippen LogP contribution in [0.5, 0.6) is 5.75 Å². The lowest BCUT2D eigenvalue weighted by molar-refractivity contribution is -0.129. The molecule has 0 atom stereocenters. The number of rotatable bonds is 5. The van der Waals surface area contributed by atoms with Crippen LogP contribution in [0.4, 0.5) is 0 Å². The van der Waals surface area contributed by atoms with Crippen molar-refractivity contribution in [1.29, 1.82) is 0 Å². The van der Waals surface area contributed by atoms with Crippen molar-refractivity contribution in [3.8, 4) is 5.75 Å². The van der Waals surface area contributed by atoms with Crippen LogP contribution in [0.1, 0.15) is 35.1 Å². The number of phenols is 1. The fourth-order valence-electron chi connectivity index (χ4n) is 3.34. The molecule has 2 aromatic carbocycles. The van der Waals surface area contributed by atoms with Gasteiger partial charge in [-0.05, 0) is 60.4 Å². The molecule has 0 bridgehead atoms. The van der Waals surface area contributed by atoms with Crippen LogP contribution in [0.15, 0.2) is 42.5 Å². The van der Waals surface area contributed by atoms with Crippen LogP contribution in [0.25, 0.3) is 0 Å². The Morgan fingerprint density at radius 3 is 2.62 bits per heavy atom. The lowest BCUT2D eigenvalue weighted by atomic mass is 9.90. The first-order valence-corrected chi connectivity index (χ1v) is 8.75. The fraction of sp³-hybridized carbons (Fsp3) is 0.381. The third-order valence-corrected chi connectivity index (χ3v) is 4.90. The molecule has 0 unspecified atom stereocenters. The van der Waals surface area contributed by atoms with Gasteiger partial charge in [-0.1, -0.05) is 36.4 Å². The van der Waals surface area contributed by atoms with Gasteiger partial charge in [-0.3, -0.25) is 4.79 Å².